The van der Waals surface area contributed by atoms with Crippen LogP contribution < -0.4 is 10.6 Å². The Morgan fingerprint density at radius 3 is 2.75 bits per heavy atom. The molecule has 2 N–H and O–H groups in total. The van der Waals surface area contributed by atoms with Crippen LogP contribution in [0.2, 0.25) is 0 Å². The third-order valence-corrected chi connectivity index (χ3v) is 3.41. The molecule has 2 amide bonds. The first-order valence-electron chi connectivity index (χ1n) is 7.40. The molecule has 0 heterocycles. The molecule has 1 aliphatic carbocycles. The minimum absolute atomic E-state index is 0.0607. The number of carbonyl (C=O) groups is 2. The summed E-state index contributed by atoms with van der Waals surface area (Å²) in [7, 11) is 0. The van der Waals surface area contributed by atoms with Crippen molar-refractivity contribution in [3.05, 3.63) is 29.8 Å². The van der Waals surface area contributed by atoms with Gasteiger partial charge in [-0.3, -0.25) is 9.59 Å². The minimum Gasteiger partial charge on any atom is -0.352 e. The highest BCUT2D eigenvalue weighted by atomic mass is 16.2. The average Bonchev–Trinajstić information content (AvgIpc) is 3.28. The molecule has 0 saturated heterocycles. The first kappa shape index (κ1) is 14.6. The number of amides is 2. The third-order valence-electron chi connectivity index (χ3n) is 3.41. The number of rotatable bonds is 7. The molecule has 4 heteroatoms. The van der Waals surface area contributed by atoms with Crippen LogP contribution in [0.25, 0.3) is 0 Å². The molecule has 4 nitrogen and oxygen atoms in total. The minimum atomic E-state index is -0.0800. The Kier molecular flexibility index (Phi) is 5.16. The van der Waals surface area contributed by atoms with Crippen molar-refractivity contribution in [1.82, 2.24) is 5.32 Å². The van der Waals surface area contributed by atoms with E-state index in [9.17, 15) is 9.59 Å². The van der Waals surface area contributed by atoms with Crippen LogP contribution >= 0.6 is 0 Å². The van der Waals surface area contributed by atoms with Crippen LogP contribution in [0.3, 0.4) is 0 Å². The van der Waals surface area contributed by atoms with E-state index in [0.717, 1.165) is 32.1 Å². The van der Waals surface area contributed by atoms with E-state index in [-0.39, 0.29) is 17.7 Å². The molecular formula is C16H22N2O2. The average molecular weight is 274 g/mol. The van der Waals surface area contributed by atoms with Gasteiger partial charge in [0, 0.05) is 23.7 Å². The molecule has 1 aliphatic rings. The van der Waals surface area contributed by atoms with Gasteiger partial charge < -0.3 is 10.6 Å². The predicted molar refractivity (Wildman–Crippen MR) is 79.7 cm³/mol. The number of carbonyl (C=O) groups excluding carboxylic acids is 2. The normalized spacial score (nSPS) is 13.8. The molecule has 2 rings (SSSR count). The maximum atomic E-state index is 12.0. The fourth-order valence-corrected chi connectivity index (χ4v) is 2.01. The molecule has 1 aromatic rings. The highest BCUT2D eigenvalue weighted by Gasteiger charge is 2.29. The molecule has 20 heavy (non-hydrogen) atoms. The number of unbranched alkanes of at least 4 members (excludes halogenated alkanes) is 2. The molecule has 0 bridgehead atoms. The highest BCUT2D eigenvalue weighted by Crippen LogP contribution is 2.30. The van der Waals surface area contributed by atoms with Crippen molar-refractivity contribution in [3.63, 3.8) is 0 Å². The molecule has 0 aliphatic heterocycles. The maximum absolute atomic E-state index is 12.0. The zero-order valence-electron chi connectivity index (χ0n) is 11.9. The van der Waals surface area contributed by atoms with Gasteiger partial charge in [0.15, 0.2) is 0 Å². The van der Waals surface area contributed by atoms with Crippen molar-refractivity contribution in [2.24, 2.45) is 5.92 Å². The first-order valence-corrected chi connectivity index (χ1v) is 7.40. The van der Waals surface area contributed by atoms with E-state index >= 15 is 0 Å². The summed E-state index contributed by atoms with van der Waals surface area (Å²) in [5, 5.41) is 5.75. The quantitative estimate of drug-likeness (QED) is 0.751. The molecule has 0 aromatic heterocycles. The second kappa shape index (κ2) is 7.08. The molecule has 0 atom stereocenters. The lowest BCUT2D eigenvalue weighted by molar-refractivity contribution is -0.117. The van der Waals surface area contributed by atoms with Crippen LogP contribution in [-0.4, -0.2) is 18.4 Å². The van der Waals surface area contributed by atoms with Crippen LogP contribution in [0.1, 0.15) is 49.4 Å². The Bertz CT molecular complexity index is 481. The summed E-state index contributed by atoms with van der Waals surface area (Å²) in [6, 6.07) is 7.11. The van der Waals surface area contributed by atoms with Gasteiger partial charge in [-0.15, -0.1) is 0 Å². The second-order valence-electron chi connectivity index (χ2n) is 5.31. The van der Waals surface area contributed by atoms with Gasteiger partial charge in [0.1, 0.15) is 0 Å². The summed E-state index contributed by atoms with van der Waals surface area (Å²) in [5.74, 6) is 0.149. The van der Waals surface area contributed by atoms with E-state index in [2.05, 4.69) is 17.6 Å². The van der Waals surface area contributed by atoms with Gasteiger partial charge in [-0.1, -0.05) is 25.8 Å². The second-order valence-corrected chi connectivity index (χ2v) is 5.31. The third kappa shape index (κ3) is 4.37. The van der Waals surface area contributed by atoms with Crippen molar-refractivity contribution in [3.8, 4) is 0 Å². The zero-order valence-corrected chi connectivity index (χ0v) is 11.9. The van der Waals surface area contributed by atoms with E-state index in [1.807, 2.05) is 6.07 Å². The standard InChI is InChI=1S/C16H22N2O2/c1-2-3-4-10-17-15(19)13-6-5-7-14(11-13)18-16(20)12-8-9-12/h5-7,11-12H,2-4,8-10H2,1H3,(H,17,19)(H,18,20). The van der Waals surface area contributed by atoms with E-state index in [4.69, 9.17) is 0 Å². The van der Waals surface area contributed by atoms with Gasteiger partial charge in [0.25, 0.3) is 5.91 Å². The highest BCUT2D eigenvalue weighted by molar-refractivity contribution is 5.98. The number of anilines is 1. The predicted octanol–water partition coefficient (Wildman–Crippen LogP) is 2.96. The Hall–Kier alpha value is -1.84. The summed E-state index contributed by atoms with van der Waals surface area (Å²) in [6.07, 6.45) is 5.21. The van der Waals surface area contributed by atoms with Gasteiger partial charge in [-0.05, 0) is 37.5 Å². The lowest BCUT2D eigenvalue weighted by Gasteiger charge is -2.08. The lowest BCUT2D eigenvalue weighted by atomic mass is 10.1. The van der Waals surface area contributed by atoms with E-state index in [0.29, 0.717) is 17.8 Å². The number of hydrogen-bond donors (Lipinski definition) is 2. The van der Waals surface area contributed by atoms with Crippen LogP contribution in [-0.2, 0) is 4.79 Å². The Labute approximate surface area is 119 Å². The zero-order chi connectivity index (χ0) is 14.4. The maximum Gasteiger partial charge on any atom is 0.251 e. The molecule has 0 unspecified atom stereocenters. The monoisotopic (exact) mass is 274 g/mol. The molecular weight excluding hydrogens is 252 g/mol. The van der Waals surface area contributed by atoms with Crippen LogP contribution in [0, 0.1) is 5.92 Å². The van der Waals surface area contributed by atoms with Gasteiger partial charge in [-0.25, -0.2) is 0 Å². The Balaban J connectivity index is 1.87. The molecule has 108 valence electrons. The first-order chi connectivity index (χ1) is 9.70. The SMILES string of the molecule is CCCCCNC(=O)c1cccc(NC(=O)C2CC2)c1. The van der Waals surface area contributed by atoms with Crippen LogP contribution in [0.15, 0.2) is 24.3 Å². The molecule has 0 spiro atoms. The van der Waals surface area contributed by atoms with Crippen molar-refractivity contribution >= 4 is 17.5 Å². The molecule has 0 radical (unpaired) electrons. The van der Waals surface area contributed by atoms with Crippen LogP contribution in [0.5, 0.6) is 0 Å². The fraction of sp³-hybridized carbons (Fsp3) is 0.500. The van der Waals surface area contributed by atoms with E-state index in [1.165, 1.54) is 0 Å². The topological polar surface area (TPSA) is 58.2 Å². The van der Waals surface area contributed by atoms with E-state index in [1.54, 1.807) is 18.2 Å². The number of benzene rings is 1. The summed E-state index contributed by atoms with van der Waals surface area (Å²) in [4.78, 5) is 23.7. The summed E-state index contributed by atoms with van der Waals surface area (Å²) in [5.41, 5.74) is 1.29. The van der Waals surface area contributed by atoms with Crippen molar-refractivity contribution in [1.29, 1.82) is 0 Å². The molecule has 1 aromatic carbocycles. The van der Waals surface area contributed by atoms with Gasteiger partial charge in [0.05, 0.1) is 0 Å². The van der Waals surface area contributed by atoms with Gasteiger partial charge in [0.2, 0.25) is 5.91 Å². The smallest absolute Gasteiger partial charge is 0.251 e. The summed E-state index contributed by atoms with van der Waals surface area (Å²) < 4.78 is 0. The van der Waals surface area contributed by atoms with E-state index < -0.39 is 0 Å². The van der Waals surface area contributed by atoms with Crippen molar-refractivity contribution in [2.75, 3.05) is 11.9 Å². The van der Waals surface area contributed by atoms with Gasteiger partial charge >= 0.3 is 0 Å². The molecule has 1 fully saturated rings. The number of nitrogens with one attached hydrogen (secondary N) is 2. The van der Waals surface area contributed by atoms with Crippen LogP contribution in [0.4, 0.5) is 5.69 Å². The fourth-order valence-electron chi connectivity index (χ4n) is 2.01. The summed E-state index contributed by atoms with van der Waals surface area (Å²) in [6.45, 7) is 2.83. The Morgan fingerprint density at radius 1 is 1.25 bits per heavy atom. The van der Waals surface area contributed by atoms with Crippen molar-refractivity contribution in [2.45, 2.75) is 39.0 Å². The lowest BCUT2D eigenvalue weighted by Crippen LogP contribution is -2.24. The largest absolute Gasteiger partial charge is 0.352 e. The molecule has 1 saturated carbocycles. The summed E-state index contributed by atoms with van der Waals surface area (Å²) >= 11 is 0. The van der Waals surface area contributed by atoms with Gasteiger partial charge in [-0.2, -0.15) is 0 Å². The Morgan fingerprint density at radius 2 is 2.05 bits per heavy atom. The number of hydrogen-bond acceptors (Lipinski definition) is 2. The van der Waals surface area contributed by atoms with Crippen molar-refractivity contribution < 1.29 is 9.59 Å².